The molecule has 5 heteroatoms. The number of hydrogen-bond donors (Lipinski definition) is 2. The molecule has 0 amide bonds. The van der Waals surface area contributed by atoms with Crippen LogP contribution in [0.3, 0.4) is 0 Å². The fourth-order valence-corrected chi connectivity index (χ4v) is 2.12. The second kappa shape index (κ2) is 5.98. The average molecular weight is 225 g/mol. The second-order valence-corrected chi connectivity index (χ2v) is 4.17. The monoisotopic (exact) mass is 225 g/mol. The summed E-state index contributed by atoms with van der Waals surface area (Å²) in [4.78, 5) is 9.48. The molecule has 1 atom stereocenters. The molecule has 0 aliphatic carbocycles. The Hall–Kier alpha value is -0.910. The maximum atomic E-state index is 8.72. The van der Waals surface area contributed by atoms with Crippen molar-refractivity contribution in [3.8, 4) is 0 Å². The van der Waals surface area contributed by atoms with E-state index in [1.54, 1.807) is 6.33 Å². The van der Waals surface area contributed by atoms with Crippen molar-refractivity contribution >= 4 is 0 Å². The molecule has 1 unspecified atom stereocenters. The summed E-state index contributed by atoms with van der Waals surface area (Å²) in [5, 5.41) is 8.72. The Morgan fingerprint density at radius 3 is 3.31 bits per heavy atom. The summed E-state index contributed by atoms with van der Waals surface area (Å²) in [6.45, 7) is 3.51. The van der Waals surface area contributed by atoms with Crippen LogP contribution in [0.5, 0.6) is 0 Å². The van der Waals surface area contributed by atoms with Gasteiger partial charge < -0.3 is 14.8 Å². The van der Waals surface area contributed by atoms with Crippen LogP contribution in [-0.4, -0.2) is 52.4 Å². The Morgan fingerprint density at radius 1 is 1.62 bits per heavy atom. The number of ether oxygens (including phenoxy) is 1. The van der Waals surface area contributed by atoms with Crippen molar-refractivity contribution < 1.29 is 9.84 Å². The van der Waals surface area contributed by atoms with Gasteiger partial charge in [0.15, 0.2) is 0 Å². The predicted molar refractivity (Wildman–Crippen MR) is 59.9 cm³/mol. The minimum absolute atomic E-state index is 0.108. The third-order valence-electron chi connectivity index (χ3n) is 2.86. The van der Waals surface area contributed by atoms with Crippen LogP contribution in [-0.2, 0) is 11.3 Å². The lowest BCUT2D eigenvalue weighted by Crippen LogP contribution is -2.39. The number of aliphatic hydroxyl groups excluding tert-OH is 1. The SMILES string of the molecule is OCCOC1CCCN(Cc2cnc[nH]2)C1. The first kappa shape index (κ1) is 11.6. The van der Waals surface area contributed by atoms with Crippen molar-refractivity contribution in [2.24, 2.45) is 0 Å². The van der Waals surface area contributed by atoms with Gasteiger partial charge in [0.1, 0.15) is 0 Å². The lowest BCUT2D eigenvalue weighted by Gasteiger charge is -2.32. The number of aromatic nitrogens is 2. The van der Waals surface area contributed by atoms with E-state index in [1.165, 1.54) is 0 Å². The van der Waals surface area contributed by atoms with E-state index >= 15 is 0 Å². The molecule has 2 heterocycles. The summed E-state index contributed by atoms with van der Waals surface area (Å²) < 4.78 is 5.56. The lowest BCUT2D eigenvalue weighted by atomic mass is 10.1. The summed E-state index contributed by atoms with van der Waals surface area (Å²) in [6.07, 6.45) is 6.09. The summed E-state index contributed by atoms with van der Waals surface area (Å²) in [6, 6.07) is 0. The van der Waals surface area contributed by atoms with E-state index in [0.29, 0.717) is 6.61 Å². The zero-order valence-corrected chi connectivity index (χ0v) is 9.43. The average Bonchev–Trinajstić information content (AvgIpc) is 2.80. The van der Waals surface area contributed by atoms with Crippen LogP contribution in [0.2, 0.25) is 0 Å². The van der Waals surface area contributed by atoms with Gasteiger partial charge in [0.05, 0.1) is 25.6 Å². The summed E-state index contributed by atoms with van der Waals surface area (Å²) in [7, 11) is 0. The van der Waals surface area contributed by atoms with Gasteiger partial charge >= 0.3 is 0 Å². The standard InChI is InChI=1S/C11H19N3O2/c15-4-5-16-11-2-1-3-14(8-11)7-10-6-12-9-13-10/h6,9,11,15H,1-5,7-8H2,(H,12,13). The zero-order valence-electron chi connectivity index (χ0n) is 9.43. The number of aromatic amines is 1. The highest BCUT2D eigenvalue weighted by molar-refractivity contribution is 4.94. The molecule has 1 aromatic rings. The van der Waals surface area contributed by atoms with Crippen molar-refractivity contribution in [2.75, 3.05) is 26.3 Å². The number of imidazole rings is 1. The zero-order chi connectivity index (χ0) is 11.2. The maximum absolute atomic E-state index is 8.72. The van der Waals surface area contributed by atoms with Gasteiger partial charge in [-0.3, -0.25) is 4.90 Å². The van der Waals surface area contributed by atoms with E-state index in [2.05, 4.69) is 14.9 Å². The molecule has 0 radical (unpaired) electrons. The number of rotatable bonds is 5. The summed E-state index contributed by atoms with van der Waals surface area (Å²) in [5.41, 5.74) is 1.14. The summed E-state index contributed by atoms with van der Waals surface area (Å²) in [5.74, 6) is 0. The second-order valence-electron chi connectivity index (χ2n) is 4.17. The molecule has 16 heavy (non-hydrogen) atoms. The Kier molecular flexibility index (Phi) is 4.33. The van der Waals surface area contributed by atoms with Crippen LogP contribution in [0.1, 0.15) is 18.5 Å². The van der Waals surface area contributed by atoms with Gasteiger partial charge in [0.2, 0.25) is 0 Å². The van der Waals surface area contributed by atoms with Gasteiger partial charge in [0.25, 0.3) is 0 Å². The van der Waals surface area contributed by atoms with E-state index in [0.717, 1.165) is 38.2 Å². The molecule has 2 N–H and O–H groups in total. The highest BCUT2D eigenvalue weighted by atomic mass is 16.5. The third-order valence-corrected chi connectivity index (χ3v) is 2.86. The first-order valence-corrected chi connectivity index (χ1v) is 5.80. The van der Waals surface area contributed by atoms with Gasteiger partial charge in [-0.05, 0) is 19.4 Å². The quantitative estimate of drug-likeness (QED) is 0.760. The number of likely N-dealkylation sites (tertiary alicyclic amines) is 1. The Balaban J connectivity index is 1.77. The van der Waals surface area contributed by atoms with Crippen LogP contribution in [0, 0.1) is 0 Å². The molecule has 0 aromatic carbocycles. The largest absolute Gasteiger partial charge is 0.394 e. The number of aliphatic hydroxyl groups is 1. The van der Waals surface area contributed by atoms with Gasteiger partial charge in [-0.15, -0.1) is 0 Å². The molecule has 0 bridgehead atoms. The molecule has 0 saturated carbocycles. The van der Waals surface area contributed by atoms with E-state index in [4.69, 9.17) is 9.84 Å². The van der Waals surface area contributed by atoms with Crippen LogP contribution in [0.15, 0.2) is 12.5 Å². The minimum Gasteiger partial charge on any atom is -0.394 e. The number of nitrogens with zero attached hydrogens (tertiary/aromatic N) is 2. The Bertz CT molecular complexity index is 289. The fraction of sp³-hybridized carbons (Fsp3) is 0.727. The lowest BCUT2D eigenvalue weighted by molar-refractivity contribution is -0.0165. The van der Waals surface area contributed by atoms with E-state index < -0.39 is 0 Å². The number of hydrogen-bond acceptors (Lipinski definition) is 4. The van der Waals surface area contributed by atoms with Crippen molar-refractivity contribution in [3.05, 3.63) is 18.2 Å². The molecule has 5 nitrogen and oxygen atoms in total. The number of piperidine rings is 1. The maximum Gasteiger partial charge on any atom is 0.0922 e. The van der Waals surface area contributed by atoms with Crippen molar-refractivity contribution in [3.63, 3.8) is 0 Å². The van der Waals surface area contributed by atoms with Crippen LogP contribution in [0.4, 0.5) is 0 Å². The molecule has 90 valence electrons. The van der Waals surface area contributed by atoms with Gasteiger partial charge in [-0.2, -0.15) is 0 Å². The van der Waals surface area contributed by atoms with Crippen LogP contribution < -0.4 is 0 Å². The van der Waals surface area contributed by atoms with E-state index in [-0.39, 0.29) is 12.7 Å². The molecule has 1 fully saturated rings. The first-order valence-electron chi connectivity index (χ1n) is 5.80. The molecule has 2 rings (SSSR count). The van der Waals surface area contributed by atoms with Crippen molar-refractivity contribution in [1.82, 2.24) is 14.9 Å². The molecule has 1 aromatic heterocycles. The van der Waals surface area contributed by atoms with Crippen LogP contribution in [0.25, 0.3) is 0 Å². The van der Waals surface area contributed by atoms with Gasteiger partial charge in [0, 0.05) is 25.0 Å². The predicted octanol–water partition coefficient (Wildman–Crippen LogP) is 0.383. The van der Waals surface area contributed by atoms with Gasteiger partial charge in [-0.1, -0.05) is 0 Å². The van der Waals surface area contributed by atoms with Crippen LogP contribution >= 0.6 is 0 Å². The van der Waals surface area contributed by atoms with Crippen molar-refractivity contribution in [1.29, 1.82) is 0 Å². The fourth-order valence-electron chi connectivity index (χ4n) is 2.12. The normalized spacial score (nSPS) is 22.4. The minimum atomic E-state index is 0.108. The highest BCUT2D eigenvalue weighted by Crippen LogP contribution is 2.14. The molecule has 1 aliphatic rings. The Morgan fingerprint density at radius 2 is 2.56 bits per heavy atom. The number of nitrogens with one attached hydrogen (secondary N) is 1. The van der Waals surface area contributed by atoms with Crippen molar-refractivity contribution in [2.45, 2.75) is 25.5 Å². The third kappa shape index (κ3) is 3.30. The van der Waals surface area contributed by atoms with E-state index in [1.807, 2.05) is 6.20 Å². The molecular weight excluding hydrogens is 206 g/mol. The highest BCUT2D eigenvalue weighted by Gasteiger charge is 2.20. The topological polar surface area (TPSA) is 61.4 Å². The summed E-state index contributed by atoms with van der Waals surface area (Å²) >= 11 is 0. The van der Waals surface area contributed by atoms with E-state index in [9.17, 15) is 0 Å². The smallest absolute Gasteiger partial charge is 0.0922 e. The van der Waals surface area contributed by atoms with Gasteiger partial charge in [-0.25, -0.2) is 4.98 Å². The first-order chi connectivity index (χ1) is 7.88. The molecule has 1 aliphatic heterocycles. The molecular formula is C11H19N3O2. The molecule has 0 spiro atoms. The molecule has 1 saturated heterocycles. The number of H-pyrrole nitrogens is 1. The Labute approximate surface area is 95.4 Å².